The number of benzene rings is 1. The number of halogens is 1. The number of amides is 1. The minimum atomic E-state index is -0.422. The van der Waals surface area contributed by atoms with E-state index in [4.69, 9.17) is 11.6 Å². The van der Waals surface area contributed by atoms with Gasteiger partial charge in [-0.3, -0.25) is 9.59 Å². The molecule has 19 heavy (non-hydrogen) atoms. The van der Waals surface area contributed by atoms with Crippen molar-refractivity contribution in [2.24, 2.45) is 0 Å². The second kappa shape index (κ2) is 5.71. The molecule has 0 aliphatic carbocycles. The molecule has 1 unspecified atom stereocenters. The SMILES string of the molecule is CC(NC(=O)c1c[nH]ccc1=O)c1ccccc1Cl. The molecule has 2 N–H and O–H groups in total. The van der Waals surface area contributed by atoms with Crippen LogP contribution in [0.25, 0.3) is 0 Å². The van der Waals surface area contributed by atoms with Gasteiger partial charge in [0.1, 0.15) is 5.56 Å². The van der Waals surface area contributed by atoms with Crippen molar-refractivity contribution in [3.05, 3.63) is 69.1 Å². The molecule has 0 spiro atoms. The summed E-state index contributed by atoms with van der Waals surface area (Å²) >= 11 is 6.06. The first-order valence-corrected chi connectivity index (χ1v) is 6.20. The highest BCUT2D eigenvalue weighted by Crippen LogP contribution is 2.22. The maximum absolute atomic E-state index is 12.0. The summed E-state index contributed by atoms with van der Waals surface area (Å²) in [6.07, 6.45) is 2.87. The minimum Gasteiger partial charge on any atom is -0.367 e. The van der Waals surface area contributed by atoms with Gasteiger partial charge in [0.2, 0.25) is 0 Å². The molecule has 1 aromatic heterocycles. The van der Waals surface area contributed by atoms with Crippen molar-refractivity contribution in [1.82, 2.24) is 10.3 Å². The molecule has 1 aromatic carbocycles. The summed E-state index contributed by atoms with van der Waals surface area (Å²) in [5.74, 6) is -0.422. The molecular weight excluding hydrogens is 264 g/mol. The second-order valence-corrected chi connectivity index (χ2v) is 4.55. The van der Waals surface area contributed by atoms with Crippen LogP contribution in [0.2, 0.25) is 5.02 Å². The predicted molar refractivity (Wildman–Crippen MR) is 74.4 cm³/mol. The molecule has 2 rings (SSSR count). The van der Waals surface area contributed by atoms with E-state index in [2.05, 4.69) is 10.3 Å². The lowest BCUT2D eigenvalue weighted by Crippen LogP contribution is -2.30. The maximum Gasteiger partial charge on any atom is 0.257 e. The maximum atomic E-state index is 12.0. The van der Waals surface area contributed by atoms with Crippen LogP contribution in [0, 0.1) is 0 Å². The third kappa shape index (κ3) is 3.03. The van der Waals surface area contributed by atoms with E-state index in [0.717, 1.165) is 5.56 Å². The quantitative estimate of drug-likeness (QED) is 0.905. The Balaban J connectivity index is 2.18. The van der Waals surface area contributed by atoms with Gasteiger partial charge in [0.05, 0.1) is 6.04 Å². The fourth-order valence-corrected chi connectivity index (χ4v) is 2.07. The molecule has 0 aliphatic heterocycles. The van der Waals surface area contributed by atoms with Crippen LogP contribution in [0.4, 0.5) is 0 Å². The van der Waals surface area contributed by atoms with Crippen molar-refractivity contribution >= 4 is 17.5 Å². The third-order valence-corrected chi connectivity index (χ3v) is 3.13. The van der Waals surface area contributed by atoms with Crippen LogP contribution in [0.5, 0.6) is 0 Å². The summed E-state index contributed by atoms with van der Waals surface area (Å²) in [5, 5.41) is 3.33. The number of carbonyl (C=O) groups is 1. The Hall–Kier alpha value is -2.07. The Morgan fingerprint density at radius 3 is 2.74 bits per heavy atom. The van der Waals surface area contributed by atoms with E-state index in [1.807, 2.05) is 25.1 Å². The van der Waals surface area contributed by atoms with E-state index < -0.39 is 5.91 Å². The molecule has 5 heteroatoms. The van der Waals surface area contributed by atoms with E-state index >= 15 is 0 Å². The molecule has 0 bridgehead atoms. The number of nitrogens with one attached hydrogen (secondary N) is 2. The van der Waals surface area contributed by atoms with Crippen molar-refractivity contribution in [2.45, 2.75) is 13.0 Å². The number of H-pyrrole nitrogens is 1. The Morgan fingerprint density at radius 2 is 2.05 bits per heavy atom. The average Bonchev–Trinajstić information content (AvgIpc) is 2.39. The first-order chi connectivity index (χ1) is 9.09. The Labute approximate surface area is 115 Å². The summed E-state index contributed by atoms with van der Waals surface area (Å²) in [4.78, 5) is 26.2. The number of carbonyl (C=O) groups excluding carboxylic acids is 1. The largest absolute Gasteiger partial charge is 0.367 e. The van der Waals surface area contributed by atoms with Crippen LogP contribution < -0.4 is 10.7 Å². The Bertz CT molecular complexity index is 652. The summed E-state index contributed by atoms with van der Waals surface area (Å²) in [7, 11) is 0. The van der Waals surface area contributed by atoms with E-state index in [9.17, 15) is 9.59 Å². The van der Waals surface area contributed by atoms with E-state index in [0.29, 0.717) is 5.02 Å². The van der Waals surface area contributed by atoms with Gasteiger partial charge >= 0.3 is 0 Å². The van der Waals surface area contributed by atoms with Crippen molar-refractivity contribution in [3.8, 4) is 0 Å². The highest BCUT2D eigenvalue weighted by Gasteiger charge is 2.15. The van der Waals surface area contributed by atoms with E-state index in [-0.39, 0.29) is 17.0 Å². The van der Waals surface area contributed by atoms with Crippen molar-refractivity contribution in [2.75, 3.05) is 0 Å². The number of aromatic nitrogens is 1. The van der Waals surface area contributed by atoms with Gasteiger partial charge in [0, 0.05) is 23.5 Å². The molecule has 1 amide bonds. The Kier molecular flexibility index (Phi) is 4.02. The van der Waals surface area contributed by atoms with Gasteiger partial charge in [-0.1, -0.05) is 29.8 Å². The molecule has 0 aliphatic rings. The molecule has 98 valence electrons. The molecule has 0 saturated heterocycles. The summed E-state index contributed by atoms with van der Waals surface area (Å²) < 4.78 is 0. The molecule has 2 aromatic rings. The fourth-order valence-electron chi connectivity index (χ4n) is 1.77. The number of pyridine rings is 1. The highest BCUT2D eigenvalue weighted by atomic mass is 35.5. The smallest absolute Gasteiger partial charge is 0.257 e. The summed E-state index contributed by atoms with van der Waals surface area (Å²) in [6, 6.07) is 8.30. The van der Waals surface area contributed by atoms with Gasteiger partial charge < -0.3 is 10.3 Å². The number of aromatic amines is 1. The zero-order valence-corrected chi connectivity index (χ0v) is 11.1. The van der Waals surface area contributed by atoms with Crippen LogP contribution >= 0.6 is 11.6 Å². The van der Waals surface area contributed by atoms with Crippen molar-refractivity contribution < 1.29 is 4.79 Å². The molecule has 1 atom stereocenters. The van der Waals surface area contributed by atoms with Crippen LogP contribution in [0.1, 0.15) is 28.9 Å². The number of rotatable bonds is 3. The second-order valence-electron chi connectivity index (χ2n) is 4.14. The zero-order chi connectivity index (χ0) is 13.8. The molecular formula is C14H13ClN2O2. The van der Waals surface area contributed by atoms with Crippen LogP contribution in [0.15, 0.2) is 47.5 Å². The van der Waals surface area contributed by atoms with Crippen LogP contribution in [-0.2, 0) is 0 Å². The Morgan fingerprint density at radius 1 is 1.32 bits per heavy atom. The van der Waals surface area contributed by atoms with Gasteiger partial charge in [-0.05, 0) is 18.6 Å². The molecule has 1 heterocycles. The first-order valence-electron chi connectivity index (χ1n) is 5.82. The summed E-state index contributed by atoms with van der Waals surface area (Å²) in [6.45, 7) is 1.82. The normalized spacial score (nSPS) is 11.9. The molecule has 0 saturated carbocycles. The van der Waals surface area contributed by atoms with Crippen molar-refractivity contribution in [3.63, 3.8) is 0 Å². The molecule has 0 fully saturated rings. The standard InChI is InChI=1S/C14H13ClN2O2/c1-9(10-4-2-3-5-12(10)15)17-14(19)11-8-16-7-6-13(11)18/h2-9H,1H3,(H,16,18)(H,17,19). The summed E-state index contributed by atoms with van der Waals surface area (Å²) in [5.41, 5.74) is 0.578. The third-order valence-electron chi connectivity index (χ3n) is 2.79. The minimum absolute atomic E-state index is 0.0846. The number of hydrogen-bond acceptors (Lipinski definition) is 2. The van der Waals surface area contributed by atoms with Gasteiger partial charge in [-0.2, -0.15) is 0 Å². The lowest BCUT2D eigenvalue weighted by molar-refractivity contribution is 0.0938. The van der Waals surface area contributed by atoms with Gasteiger partial charge in [-0.25, -0.2) is 0 Å². The van der Waals surface area contributed by atoms with E-state index in [1.54, 1.807) is 6.07 Å². The predicted octanol–water partition coefficient (Wildman–Crippen LogP) is 2.52. The molecule has 0 radical (unpaired) electrons. The van der Waals surface area contributed by atoms with Crippen LogP contribution in [0.3, 0.4) is 0 Å². The fraction of sp³-hybridized carbons (Fsp3) is 0.143. The average molecular weight is 277 g/mol. The van der Waals surface area contributed by atoms with Gasteiger partial charge in [-0.15, -0.1) is 0 Å². The lowest BCUT2D eigenvalue weighted by atomic mass is 10.1. The topological polar surface area (TPSA) is 62.0 Å². The molecule has 4 nitrogen and oxygen atoms in total. The van der Waals surface area contributed by atoms with Gasteiger partial charge in [0.25, 0.3) is 5.91 Å². The van der Waals surface area contributed by atoms with Gasteiger partial charge in [0.15, 0.2) is 5.43 Å². The highest BCUT2D eigenvalue weighted by molar-refractivity contribution is 6.31. The zero-order valence-electron chi connectivity index (χ0n) is 10.3. The first kappa shape index (κ1) is 13.4. The lowest BCUT2D eigenvalue weighted by Gasteiger charge is -2.15. The van der Waals surface area contributed by atoms with Crippen molar-refractivity contribution in [1.29, 1.82) is 0 Å². The van der Waals surface area contributed by atoms with E-state index in [1.165, 1.54) is 18.5 Å². The number of hydrogen-bond donors (Lipinski definition) is 2. The monoisotopic (exact) mass is 276 g/mol. The van der Waals surface area contributed by atoms with Crippen LogP contribution in [-0.4, -0.2) is 10.9 Å².